The molecule has 0 aromatic heterocycles. The van der Waals surface area contributed by atoms with Crippen LogP contribution in [0.25, 0.3) is 0 Å². The van der Waals surface area contributed by atoms with Gasteiger partial charge in [-0.05, 0) is 83.8 Å². The maximum Gasteiger partial charge on any atom is 0.306 e. The molecule has 0 aliphatic heterocycles. The summed E-state index contributed by atoms with van der Waals surface area (Å²) in [5, 5.41) is 0. The first-order valence-electron chi connectivity index (χ1n) is 21.1. The van der Waals surface area contributed by atoms with E-state index in [4.69, 9.17) is 9.47 Å². The summed E-state index contributed by atoms with van der Waals surface area (Å²) in [6.07, 6.45) is 36.3. The molecular weight excluding hydrogens is 582 g/mol. The fourth-order valence-electron chi connectivity index (χ4n) is 6.52. The summed E-state index contributed by atoms with van der Waals surface area (Å²) < 4.78 is 11.5. The normalized spacial score (nSPS) is 11.5. The van der Waals surface area contributed by atoms with Crippen LogP contribution in [0.3, 0.4) is 0 Å². The van der Waals surface area contributed by atoms with Gasteiger partial charge in [-0.3, -0.25) is 9.59 Å². The molecule has 0 spiro atoms. The van der Waals surface area contributed by atoms with Crippen LogP contribution >= 0.6 is 0 Å². The van der Waals surface area contributed by atoms with Gasteiger partial charge in [0, 0.05) is 12.8 Å². The van der Waals surface area contributed by atoms with Crippen molar-refractivity contribution in [3.63, 3.8) is 0 Å². The molecule has 47 heavy (non-hydrogen) atoms. The topological polar surface area (TPSA) is 55.8 Å². The second kappa shape index (κ2) is 37.7. The lowest BCUT2D eigenvalue weighted by molar-refractivity contribution is -0.150. The first kappa shape index (κ1) is 45.9. The highest BCUT2D eigenvalue weighted by Gasteiger charge is 2.14. The third kappa shape index (κ3) is 34.6. The molecule has 0 aliphatic rings. The van der Waals surface area contributed by atoms with Crippen molar-refractivity contribution < 1.29 is 19.1 Å². The second-order valence-corrected chi connectivity index (χ2v) is 14.4. The average Bonchev–Trinajstić information content (AvgIpc) is 3.06. The van der Waals surface area contributed by atoms with Crippen molar-refractivity contribution in [1.82, 2.24) is 4.90 Å². The van der Waals surface area contributed by atoms with Gasteiger partial charge in [-0.25, -0.2) is 0 Å². The Morgan fingerprint density at radius 2 is 0.830 bits per heavy atom. The molecule has 0 saturated heterocycles. The van der Waals surface area contributed by atoms with Gasteiger partial charge in [-0.1, -0.05) is 150 Å². The first-order valence-corrected chi connectivity index (χ1v) is 21.1. The van der Waals surface area contributed by atoms with Gasteiger partial charge in [-0.15, -0.1) is 0 Å². The molecule has 0 radical (unpaired) electrons. The summed E-state index contributed by atoms with van der Waals surface area (Å²) in [4.78, 5) is 27.3. The lowest BCUT2D eigenvalue weighted by Gasteiger charge is -2.21. The number of ether oxygens (including phenoxy) is 2. The summed E-state index contributed by atoms with van der Waals surface area (Å²) in [5.41, 5.74) is 0. The highest BCUT2D eigenvalue weighted by molar-refractivity contribution is 5.69. The molecule has 0 bridgehead atoms. The molecule has 0 rings (SSSR count). The summed E-state index contributed by atoms with van der Waals surface area (Å²) >= 11 is 0. The Morgan fingerprint density at radius 3 is 1.34 bits per heavy atom. The standard InChI is InChI=1S/C42H83NO4/c1-5-9-12-15-18-23-31-39-46-41(44)34-28-24-30-38-43(36-8-4)37-29-22-21-27-35-42(45)47-40(32-25-19-16-13-10-6-2)33-26-20-17-14-11-7-3/h40H,5-39H2,1-4H3. The zero-order valence-electron chi connectivity index (χ0n) is 32.4. The van der Waals surface area contributed by atoms with Crippen molar-refractivity contribution in [2.24, 2.45) is 0 Å². The molecule has 0 heterocycles. The fraction of sp³-hybridized carbons (Fsp3) is 0.952. The quantitative estimate of drug-likeness (QED) is 0.0485. The van der Waals surface area contributed by atoms with E-state index in [1.54, 1.807) is 0 Å². The number of hydrogen-bond acceptors (Lipinski definition) is 5. The molecule has 5 heteroatoms. The second-order valence-electron chi connectivity index (χ2n) is 14.4. The number of unbranched alkanes of at least 4 members (excludes halogenated alkanes) is 21. The van der Waals surface area contributed by atoms with Crippen molar-refractivity contribution in [2.45, 2.75) is 233 Å². The molecule has 0 saturated carbocycles. The molecule has 0 fully saturated rings. The zero-order chi connectivity index (χ0) is 34.5. The van der Waals surface area contributed by atoms with Crippen LogP contribution in [0.15, 0.2) is 0 Å². The number of carbonyl (C=O) groups is 2. The van der Waals surface area contributed by atoms with Crippen LogP contribution in [0.2, 0.25) is 0 Å². The molecule has 5 nitrogen and oxygen atoms in total. The largest absolute Gasteiger partial charge is 0.466 e. The molecule has 0 amide bonds. The lowest BCUT2D eigenvalue weighted by Crippen LogP contribution is -2.27. The molecule has 280 valence electrons. The fourth-order valence-corrected chi connectivity index (χ4v) is 6.52. The van der Waals surface area contributed by atoms with Gasteiger partial charge in [-0.2, -0.15) is 0 Å². The Hall–Kier alpha value is -1.10. The highest BCUT2D eigenvalue weighted by Crippen LogP contribution is 2.18. The third-order valence-electron chi connectivity index (χ3n) is 9.57. The summed E-state index contributed by atoms with van der Waals surface area (Å²) in [7, 11) is 0. The maximum absolute atomic E-state index is 12.7. The van der Waals surface area contributed by atoms with E-state index in [1.807, 2.05) is 0 Å². The van der Waals surface area contributed by atoms with Crippen LogP contribution in [0.4, 0.5) is 0 Å². The SMILES string of the molecule is CCCCCCCCCOC(=O)CCCCCN(CCC)CCCCCCC(=O)OC(CCCCCCCC)CCCCCCCC. The van der Waals surface area contributed by atoms with Crippen LogP contribution < -0.4 is 0 Å². The molecule has 0 aliphatic carbocycles. The van der Waals surface area contributed by atoms with Crippen LogP contribution in [0, 0.1) is 0 Å². The first-order chi connectivity index (χ1) is 23.1. The van der Waals surface area contributed by atoms with Crippen molar-refractivity contribution in [3.05, 3.63) is 0 Å². The van der Waals surface area contributed by atoms with E-state index in [9.17, 15) is 9.59 Å². The minimum Gasteiger partial charge on any atom is -0.466 e. The molecule has 0 aromatic carbocycles. The average molecular weight is 666 g/mol. The van der Waals surface area contributed by atoms with Gasteiger partial charge < -0.3 is 14.4 Å². The highest BCUT2D eigenvalue weighted by atomic mass is 16.5. The van der Waals surface area contributed by atoms with Gasteiger partial charge >= 0.3 is 11.9 Å². The van der Waals surface area contributed by atoms with Gasteiger partial charge in [0.15, 0.2) is 0 Å². The van der Waals surface area contributed by atoms with Crippen molar-refractivity contribution >= 4 is 11.9 Å². The van der Waals surface area contributed by atoms with E-state index in [2.05, 4.69) is 32.6 Å². The van der Waals surface area contributed by atoms with Gasteiger partial charge in [0.05, 0.1) is 6.61 Å². The Morgan fingerprint density at radius 1 is 0.426 bits per heavy atom. The summed E-state index contributed by atoms with van der Waals surface area (Å²) in [5.74, 6) is 0.0117. The van der Waals surface area contributed by atoms with Gasteiger partial charge in [0.25, 0.3) is 0 Å². The van der Waals surface area contributed by atoms with E-state index in [0.29, 0.717) is 19.4 Å². The minimum atomic E-state index is -0.0172. The van der Waals surface area contributed by atoms with Gasteiger partial charge in [0.2, 0.25) is 0 Å². The summed E-state index contributed by atoms with van der Waals surface area (Å²) in [6.45, 7) is 13.0. The number of carbonyl (C=O) groups excluding carboxylic acids is 2. The van der Waals surface area contributed by atoms with E-state index < -0.39 is 0 Å². The Labute approximate surface area is 294 Å². The predicted octanol–water partition coefficient (Wildman–Crippen LogP) is 12.9. The monoisotopic (exact) mass is 666 g/mol. The predicted molar refractivity (Wildman–Crippen MR) is 203 cm³/mol. The van der Waals surface area contributed by atoms with Crippen LogP contribution in [-0.4, -0.2) is 49.2 Å². The Bertz CT molecular complexity index is 639. The van der Waals surface area contributed by atoms with E-state index in [1.165, 1.54) is 135 Å². The lowest BCUT2D eigenvalue weighted by atomic mass is 10.0. The Balaban J connectivity index is 4.03. The van der Waals surface area contributed by atoms with Crippen molar-refractivity contribution in [2.75, 3.05) is 26.2 Å². The number of rotatable bonds is 38. The smallest absolute Gasteiger partial charge is 0.306 e. The number of esters is 2. The zero-order valence-corrected chi connectivity index (χ0v) is 32.4. The minimum absolute atomic E-state index is 0.0172. The van der Waals surface area contributed by atoms with E-state index in [0.717, 1.165) is 71.0 Å². The maximum atomic E-state index is 12.7. The molecule has 0 aromatic rings. The number of hydrogen-bond donors (Lipinski definition) is 0. The number of nitrogens with zero attached hydrogens (tertiary/aromatic N) is 1. The van der Waals surface area contributed by atoms with E-state index >= 15 is 0 Å². The van der Waals surface area contributed by atoms with Crippen molar-refractivity contribution in [3.8, 4) is 0 Å². The molecular formula is C42H83NO4. The van der Waals surface area contributed by atoms with Crippen LogP contribution in [0.5, 0.6) is 0 Å². The molecule has 0 atom stereocenters. The van der Waals surface area contributed by atoms with Crippen LogP contribution in [0.1, 0.15) is 227 Å². The van der Waals surface area contributed by atoms with Crippen molar-refractivity contribution in [1.29, 1.82) is 0 Å². The third-order valence-corrected chi connectivity index (χ3v) is 9.57. The Kier molecular flexibility index (Phi) is 36.8. The van der Waals surface area contributed by atoms with Crippen LogP contribution in [-0.2, 0) is 19.1 Å². The van der Waals surface area contributed by atoms with Gasteiger partial charge in [0.1, 0.15) is 6.10 Å². The van der Waals surface area contributed by atoms with E-state index in [-0.39, 0.29) is 18.0 Å². The molecule has 0 unspecified atom stereocenters. The molecule has 0 N–H and O–H groups in total. The summed E-state index contributed by atoms with van der Waals surface area (Å²) in [6, 6.07) is 0.